The Bertz CT molecular complexity index is 841. The lowest BCUT2D eigenvalue weighted by Gasteiger charge is -2.11. The van der Waals surface area contributed by atoms with Gasteiger partial charge in [-0.05, 0) is 42.8 Å². The highest BCUT2D eigenvalue weighted by Gasteiger charge is 2.11. The molecule has 0 saturated heterocycles. The van der Waals surface area contributed by atoms with Gasteiger partial charge in [-0.3, -0.25) is 0 Å². The fourth-order valence-electron chi connectivity index (χ4n) is 3.57. The SMILES string of the molecule is CCCCCCCCCCn1c(COc2ccc(Cl)cc2)nc2ccccc21. The number of nitrogens with zero attached hydrogens (tertiary/aromatic N) is 2. The molecule has 3 aromatic rings. The molecule has 28 heavy (non-hydrogen) atoms. The molecule has 0 aliphatic carbocycles. The number of hydrogen-bond donors (Lipinski definition) is 0. The van der Waals surface area contributed by atoms with Crippen LogP contribution >= 0.6 is 11.6 Å². The lowest BCUT2D eigenvalue weighted by atomic mass is 10.1. The molecule has 2 aromatic carbocycles. The molecular weight excluding hydrogens is 368 g/mol. The van der Waals surface area contributed by atoms with E-state index in [1.165, 1.54) is 56.9 Å². The summed E-state index contributed by atoms with van der Waals surface area (Å²) in [6, 6.07) is 15.8. The average Bonchev–Trinajstić information content (AvgIpc) is 3.07. The van der Waals surface area contributed by atoms with Crippen molar-refractivity contribution in [3.8, 4) is 5.75 Å². The number of benzene rings is 2. The summed E-state index contributed by atoms with van der Waals surface area (Å²) in [5, 5.41) is 0.717. The Morgan fingerprint density at radius 1 is 0.857 bits per heavy atom. The van der Waals surface area contributed by atoms with Crippen molar-refractivity contribution in [2.75, 3.05) is 0 Å². The van der Waals surface area contributed by atoms with Gasteiger partial charge in [-0.1, -0.05) is 75.6 Å². The lowest BCUT2D eigenvalue weighted by molar-refractivity contribution is 0.289. The van der Waals surface area contributed by atoms with E-state index in [-0.39, 0.29) is 0 Å². The molecule has 0 fully saturated rings. The van der Waals surface area contributed by atoms with E-state index in [2.05, 4.69) is 29.7 Å². The van der Waals surface area contributed by atoms with Crippen LogP contribution in [0.25, 0.3) is 11.0 Å². The van der Waals surface area contributed by atoms with Gasteiger partial charge in [-0.15, -0.1) is 0 Å². The van der Waals surface area contributed by atoms with Crippen LogP contribution in [0.1, 0.15) is 64.1 Å². The van der Waals surface area contributed by atoms with Crippen LogP contribution < -0.4 is 4.74 Å². The molecule has 150 valence electrons. The highest BCUT2D eigenvalue weighted by atomic mass is 35.5. The third-order valence-corrected chi connectivity index (χ3v) is 5.40. The molecule has 0 atom stereocenters. The number of hydrogen-bond acceptors (Lipinski definition) is 2. The Morgan fingerprint density at radius 2 is 1.54 bits per heavy atom. The van der Waals surface area contributed by atoms with Gasteiger partial charge in [-0.25, -0.2) is 4.98 Å². The first kappa shape index (κ1) is 20.7. The lowest BCUT2D eigenvalue weighted by Crippen LogP contribution is -2.07. The Balaban J connectivity index is 1.57. The smallest absolute Gasteiger partial charge is 0.147 e. The first-order chi connectivity index (χ1) is 13.8. The second kappa shape index (κ2) is 11.1. The van der Waals surface area contributed by atoms with Gasteiger partial charge in [0, 0.05) is 11.6 Å². The van der Waals surface area contributed by atoms with Gasteiger partial charge in [0.2, 0.25) is 0 Å². The van der Waals surface area contributed by atoms with Gasteiger partial charge in [0.15, 0.2) is 0 Å². The predicted octanol–water partition coefficient (Wildman–Crippen LogP) is 7.41. The molecule has 3 rings (SSSR count). The van der Waals surface area contributed by atoms with Crippen molar-refractivity contribution in [3.05, 3.63) is 59.4 Å². The van der Waals surface area contributed by atoms with Gasteiger partial charge in [0.25, 0.3) is 0 Å². The Labute approximate surface area is 173 Å². The molecule has 0 N–H and O–H groups in total. The second-order valence-electron chi connectivity index (χ2n) is 7.39. The van der Waals surface area contributed by atoms with Crippen molar-refractivity contribution in [1.82, 2.24) is 9.55 Å². The van der Waals surface area contributed by atoms with Crippen LogP contribution in [0, 0.1) is 0 Å². The molecule has 0 aliphatic heterocycles. The van der Waals surface area contributed by atoms with E-state index >= 15 is 0 Å². The molecule has 4 heteroatoms. The maximum Gasteiger partial charge on any atom is 0.147 e. The molecule has 0 saturated carbocycles. The zero-order valence-corrected chi connectivity index (χ0v) is 17.6. The first-order valence-electron chi connectivity index (χ1n) is 10.6. The maximum atomic E-state index is 5.96. The van der Waals surface area contributed by atoms with Crippen molar-refractivity contribution in [2.24, 2.45) is 0 Å². The van der Waals surface area contributed by atoms with E-state index in [0.717, 1.165) is 23.6 Å². The Kier molecular flexibility index (Phi) is 8.23. The van der Waals surface area contributed by atoms with Crippen molar-refractivity contribution in [2.45, 2.75) is 71.4 Å². The molecule has 0 radical (unpaired) electrons. The summed E-state index contributed by atoms with van der Waals surface area (Å²) >= 11 is 5.95. The number of aryl methyl sites for hydroxylation is 1. The number of rotatable bonds is 12. The Hall–Kier alpha value is -2.00. The summed E-state index contributed by atoms with van der Waals surface area (Å²) in [7, 11) is 0. The van der Waals surface area contributed by atoms with E-state index < -0.39 is 0 Å². The van der Waals surface area contributed by atoms with Crippen LogP contribution in [-0.4, -0.2) is 9.55 Å². The van der Waals surface area contributed by atoms with E-state index in [1.54, 1.807) is 0 Å². The van der Waals surface area contributed by atoms with E-state index in [9.17, 15) is 0 Å². The molecule has 0 aliphatic rings. The number of unbranched alkanes of at least 4 members (excludes halogenated alkanes) is 7. The van der Waals surface area contributed by atoms with E-state index in [0.29, 0.717) is 11.6 Å². The summed E-state index contributed by atoms with van der Waals surface area (Å²) < 4.78 is 8.28. The normalized spacial score (nSPS) is 11.2. The third kappa shape index (κ3) is 6.00. The molecule has 1 aromatic heterocycles. The molecule has 1 heterocycles. The quantitative estimate of drug-likeness (QED) is 0.297. The number of aromatic nitrogens is 2. The zero-order valence-electron chi connectivity index (χ0n) is 16.9. The number of ether oxygens (including phenoxy) is 1. The van der Waals surface area contributed by atoms with Crippen molar-refractivity contribution in [1.29, 1.82) is 0 Å². The minimum atomic E-state index is 0.466. The van der Waals surface area contributed by atoms with Gasteiger partial charge in [0.1, 0.15) is 18.2 Å². The molecule has 3 nitrogen and oxygen atoms in total. The van der Waals surface area contributed by atoms with Gasteiger partial charge >= 0.3 is 0 Å². The highest BCUT2D eigenvalue weighted by molar-refractivity contribution is 6.30. The number of fused-ring (bicyclic) bond motifs is 1. The summed E-state index contributed by atoms with van der Waals surface area (Å²) in [6.45, 7) is 3.73. The molecule has 0 spiro atoms. The Morgan fingerprint density at radius 3 is 2.29 bits per heavy atom. The summed E-state index contributed by atoms with van der Waals surface area (Å²) in [4.78, 5) is 4.81. The van der Waals surface area contributed by atoms with Gasteiger partial charge < -0.3 is 9.30 Å². The average molecular weight is 399 g/mol. The molecule has 0 bridgehead atoms. The number of halogens is 1. The fourth-order valence-corrected chi connectivity index (χ4v) is 3.69. The summed E-state index contributed by atoms with van der Waals surface area (Å²) in [6.07, 6.45) is 10.6. The third-order valence-electron chi connectivity index (χ3n) is 5.15. The van der Waals surface area contributed by atoms with Crippen molar-refractivity contribution < 1.29 is 4.74 Å². The molecular formula is C24H31ClN2O. The van der Waals surface area contributed by atoms with Crippen molar-refractivity contribution in [3.63, 3.8) is 0 Å². The number of imidazole rings is 1. The zero-order chi connectivity index (χ0) is 19.6. The standard InChI is InChI=1S/C24H31ClN2O/c1-2-3-4-5-6-7-8-11-18-27-23-13-10-9-12-22(23)26-24(27)19-28-21-16-14-20(25)15-17-21/h9-10,12-17H,2-8,11,18-19H2,1H3. The highest BCUT2D eigenvalue weighted by Crippen LogP contribution is 2.21. The minimum Gasteiger partial charge on any atom is -0.486 e. The first-order valence-corrected chi connectivity index (χ1v) is 11.0. The molecule has 0 amide bonds. The van der Waals surface area contributed by atoms with Crippen LogP contribution in [0.3, 0.4) is 0 Å². The van der Waals surface area contributed by atoms with Crippen LogP contribution in [0.2, 0.25) is 5.02 Å². The minimum absolute atomic E-state index is 0.466. The largest absolute Gasteiger partial charge is 0.486 e. The van der Waals surface area contributed by atoms with Crippen LogP contribution in [0.5, 0.6) is 5.75 Å². The monoisotopic (exact) mass is 398 g/mol. The van der Waals surface area contributed by atoms with Gasteiger partial charge in [-0.2, -0.15) is 0 Å². The topological polar surface area (TPSA) is 27.1 Å². The summed E-state index contributed by atoms with van der Waals surface area (Å²) in [5.74, 6) is 1.80. The predicted molar refractivity (Wildman–Crippen MR) is 118 cm³/mol. The van der Waals surface area contributed by atoms with Crippen LogP contribution in [-0.2, 0) is 13.2 Å². The van der Waals surface area contributed by atoms with Crippen LogP contribution in [0.4, 0.5) is 0 Å². The molecule has 0 unspecified atom stereocenters. The second-order valence-corrected chi connectivity index (χ2v) is 7.82. The van der Waals surface area contributed by atoms with E-state index in [1.807, 2.05) is 30.3 Å². The van der Waals surface area contributed by atoms with Gasteiger partial charge in [0.05, 0.1) is 11.0 Å². The maximum absolute atomic E-state index is 5.96. The van der Waals surface area contributed by atoms with Crippen molar-refractivity contribution >= 4 is 22.6 Å². The van der Waals surface area contributed by atoms with E-state index in [4.69, 9.17) is 21.3 Å². The summed E-state index contributed by atoms with van der Waals surface area (Å²) in [5.41, 5.74) is 2.23. The number of para-hydroxylation sites is 2. The fraction of sp³-hybridized carbons (Fsp3) is 0.458. The van der Waals surface area contributed by atoms with Crippen LogP contribution in [0.15, 0.2) is 48.5 Å².